The van der Waals surface area contributed by atoms with Crippen LogP contribution in [0.25, 0.3) is 0 Å². The first kappa shape index (κ1) is 14.9. The lowest BCUT2D eigenvalue weighted by Crippen LogP contribution is -2.34. The smallest absolute Gasteiger partial charge is 0.187 e. The van der Waals surface area contributed by atoms with Crippen LogP contribution in [-0.4, -0.2) is 31.1 Å². The lowest BCUT2D eigenvalue weighted by atomic mass is 10.1. The van der Waals surface area contributed by atoms with Crippen LogP contribution in [0.15, 0.2) is 29.4 Å². The topological polar surface area (TPSA) is 45.6 Å². The second-order valence-electron chi connectivity index (χ2n) is 3.54. The molecule has 0 amide bonds. The van der Waals surface area contributed by atoms with Crippen molar-refractivity contribution in [3.63, 3.8) is 0 Å². The summed E-state index contributed by atoms with van der Waals surface area (Å²) in [6.07, 6.45) is 0. The summed E-state index contributed by atoms with van der Waals surface area (Å²) in [4.78, 5) is 0. The van der Waals surface area contributed by atoms with Crippen molar-refractivity contribution in [3.8, 4) is 0 Å². The molecule has 0 aromatic heterocycles. The molecule has 0 atom stereocenters. The van der Waals surface area contributed by atoms with Crippen LogP contribution in [0.1, 0.15) is 12.5 Å². The molecule has 98 valence electrons. The van der Waals surface area contributed by atoms with Gasteiger partial charge in [0.1, 0.15) is 0 Å². The van der Waals surface area contributed by atoms with E-state index in [2.05, 4.69) is 15.8 Å². The third-order valence-corrected chi connectivity index (χ3v) is 2.75. The van der Waals surface area contributed by atoms with Crippen LogP contribution < -0.4 is 10.7 Å². The quantitative estimate of drug-likeness (QED) is 0.377. The molecule has 4 nitrogen and oxygen atoms in total. The molecule has 0 spiro atoms. The van der Waals surface area contributed by atoms with Crippen molar-refractivity contribution in [2.75, 3.05) is 20.3 Å². The maximum absolute atomic E-state index is 6.06. The van der Waals surface area contributed by atoms with Gasteiger partial charge in [0.25, 0.3) is 0 Å². The molecular formula is C12H16ClN3OS. The lowest BCUT2D eigenvalue weighted by molar-refractivity contribution is 0.204. The zero-order valence-electron chi connectivity index (χ0n) is 10.4. The Morgan fingerprint density at radius 1 is 1.44 bits per heavy atom. The monoisotopic (exact) mass is 285 g/mol. The van der Waals surface area contributed by atoms with Crippen molar-refractivity contribution >= 4 is 34.6 Å². The average molecular weight is 286 g/mol. The number of hydrazone groups is 1. The molecule has 1 rings (SSSR count). The van der Waals surface area contributed by atoms with E-state index < -0.39 is 0 Å². The Morgan fingerprint density at radius 3 is 2.83 bits per heavy atom. The molecule has 0 aliphatic rings. The molecule has 1 aromatic carbocycles. The zero-order chi connectivity index (χ0) is 13.4. The van der Waals surface area contributed by atoms with Crippen LogP contribution >= 0.6 is 23.8 Å². The van der Waals surface area contributed by atoms with Crippen LogP contribution in [0.4, 0.5) is 0 Å². The maximum atomic E-state index is 6.06. The van der Waals surface area contributed by atoms with Crippen molar-refractivity contribution in [2.45, 2.75) is 6.92 Å². The molecule has 0 bridgehead atoms. The van der Waals surface area contributed by atoms with Crippen molar-refractivity contribution in [1.82, 2.24) is 10.7 Å². The second kappa shape index (κ2) is 8.02. The first-order chi connectivity index (χ1) is 8.65. The fourth-order valence-corrected chi connectivity index (χ4v) is 1.68. The zero-order valence-corrected chi connectivity index (χ0v) is 11.9. The minimum absolute atomic E-state index is 0.457. The van der Waals surface area contributed by atoms with Gasteiger partial charge in [-0.25, -0.2) is 0 Å². The highest BCUT2D eigenvalue weighted by atomic mass is 35.5. The number of thiocarbonyl (C=S) groups is 1. The Hall–Kier alpha value is -1.17. The third-order valence-electron chi connectivity index (χ3n) is 2.18. The van der Waals surface area contributed by atoms with Gasteiger partial charge in [-0.2, -0.15) is 5.10 Å². The summed E-state index contributed by atoms with van der Waals surface area (Å²) in [5, 5.41) is 8.25. The molecule has 0 radical (unpaired) electrons. The van der Waals surface area contributed by atoms with Gasteiger partial charge in [-0.1, -0.05) is 29.8 Å². The Morgan fingerprint density at radius 2 is 2.17 bits per heavy atom. The fraction of sp³-hybridized carbons (Fsp3) is 0.333. The number of rotatable bonds is 5. The summed E-state index contributed by atoms with van der Waals surface area (Å²) in [6, 6.07) is 7.52. The summed E-state index contributed by atoms with van der Waals surface area (Å²) >= 11 is 11.1. The number of methoxy groups -OCH3 is 1. The van der Waals surface area contributed by atoms with E-state index in [1.807, 2.05) is 31.2 Å². The lowest BCUT2D eigenvalue weighted by Gasteiger charge is -2.08. The second-order valence-corrected chi connectivity index (χ2v) is 4.35. The van der Waals surface area contributed by atoms with Gasteiger partial charge >= 0.3 is 0 Å². The number of nitrogens with zero attached hydrogens (tertiary/aromatic N) is 1. The summed E-state index contributed by atoms with van der Waals surface area (Å²) in [5.41, 5.74) is 4.42. The molecular weight excluding hydrogens is 270 g/mol. The Bertz CT molecular complexity index is 437. The molecule has 2 N–H and O–H groups in total. The molecule has 18 heavy (non-hydrogen) atoms. The molecule has 0 unspecified atom stereocenters. The summed E-state index contributed by atoms with van der Waals surface area (Å²) < 4.78 is 4.90. The first-order valence-corrected chi connectivity index (χ1v) is 6.25. The van der Waals surface area contributed by atoms with Crippen LogP contribution in [0, 0.1) is 0 Å². The van der Waals surface area contributed by atoms with E-state index in [1.54, 1.807) is 7.11 Å². The van der Waals surface area contributed by atoms with Crippen molar-refractivity contribution in [2.24, 2.45) is 5.10 Å². The van der Waals surface area contributed by atoms with E-state index in [4.69, 9.17) is 28.6 Å². The van der Waals surface area contributed by atoms with E-state index in [9.17, 15) is 0 Å². The van der Waals surface area contributed by atoms with Crippen LogP contribution in [0.5, 0.6) is 0 Å². The first-order valence-electron chi connectivity index (χ1n) is 5.47. The van der Waals surface area contributed by atoms with E-state index in [1.165, 1.54) is 0 Å². The highest BCUT2D eigenvalue weighted by Gasteiger charge is 2.02. The molecule has 6 heteroatoms. The highest BCUT2D eigenvalue weighted by molar-refractivity contribution is 7.80. The van der Waals surface area contributed by atoms with E-state index in [0.717, 1.165) is 11.3 Å². The fourth-order valence-electron chi connectivity index (χ4n) is 1.26. The number of hydrogen-bond donors (Lipinski definition) is 2. The Labute approximate surface area is 117 Å². The Balaban J connectivity index is 2.52. The summed E-state index contributed by atoms with van der Waals surface area (Å²) in [6.45, 7) is 3.10. The van der Waals surface area contributed by atoms with Crippen molar-refractivity contribution < 1.29 is 4.74 Å². The maximum Gasteiger partial charge on any atom is 0.187 e. The van der Waals surface area contributed by atoms with Gasteiger partial charge < -0.3 is 10.1 Å². The van der Waals surface area contributed by atoms with Crippen molar-refractivity contribution in [1.29, 1.82) is 0 Å². The number of nitrogens with one attached hydrogen (secondary N) is 2. The molecule has 0 saturated carbocycles. The largest absolute Gasteiger partial charge is 0.383 e. The van der Waals surface area contributed by atoms with Gasteiger partial charge in [-0.15, -0.1) is 0 Å². The Kier molecular flexibility index (Phi) is 6.64. The normalized spacial score (nSPS) is 11.2. The molecule has 0 saturated heterocycles. The predicted molar refractivity (Wildman–Crippen MR) is 79.3 cm³/mol. The van der Waals surface area contributed by atoms with Gasteiger partial charge in [-0.3, -0.25) is 5.43 Å². The van der Waals surface area contributed by atoms with Gasteiger partial charge in [-0.05, 0) is 25.2 Å². The highest BCUT2D eigenvalue weighted by Crippen LogP contribution is 2.15. The minimum atomic E-state index is 0.457. The average Bonchev–Trinajstić information content (AvgIpc) is 2.37. The SMILES string of the molecule is COCCNC(=S)NN=C(C)c1ccccc1Cl. The predicted octanol–water partition coefficient (Wildman–Crippen LogP) is 2.17. The van der Waals surface area contributed by atoms with Crippen LogP contribution in [0.3, 0.4) is 0 Å². The number of benzene rings is 1. The number of halogens is 1. The van der Waals surface area contributed by atoms with Gasteiger partial charge in [0.2, 0.25) is 0 Å². The van der Waals surface area contributed by atoms with E-state index in [-0.39, 0.29) is 0 Å². The molecule has 0 aliphatic carbocycles. The van der Waals surface area contributed by atoms with Crippen LogP contribution in [-0.2, 0) is 4.74 Å². The van der Waals surface area contributed by atoms with E-state index in [0.29, 0.717) is 23.3 Å². The summed E-state index contributed by atoms with van der Waals surface area (Å²) in [7, 11) is 1.64. The van der Waals surface area contributed by atoms with Gasteiger partial charge in [0, 0.05) is 24.2 Å². The number of hydrogen-bond acceptors (Lipinski definition) is 3. The van der Waals surface area contributed by atoms with Crippen LogP contribution in [0.2, 0.25) is 5.02 Å². The molecule has 0 aliphatic heterocycles. The van der Waals surface area contributed by atoms with Crippen molar-refractivity contribution in [3.05, 3.63) is 34.9 Å². The molecule has 0 heterocycles. The molecule has 1 aromatic rings. The van der Waals surface area contributed by atoms with Gasteiger partial charge in [0.15, 0.2) is 5.11 Å². The van der Waals surface area contributed by atoms with E-state index >= 15 is 0 Å². The number of ether oxygens (including phenoxy) is 1. The standard InChI is InChI=1S/C12H16ClN3OS/c1-9(10-5-3-4-6-11(10)13)15-16-12(18)14-7-8-17-2/h3-6H,7-8H2,1-2H3,(H2,14,16,18). The summed E-state index contributed by atoms with van der Waals surface area (Å²) in [5.74, 6) is 0. The molecule has 0 fully saturated rings. The third kappa shape index (κ3) is 5.00. The minimum Gasteiger partial charge on any atom is -0.383 e. The van der Waals surface area contributed by atoms with Gasteiger partial charge in [0.05, 0.1) is 12.3 Å².